The summed E-state index contributed by atoms with van der Waals surface area (Å²) in [7, 11) is 0. The maximum atomic E-state index is 12.8. The molecule has 0 bridgehead atoms. The zero-order chi connectivity index (χ0) is 12.8. The van der Waals surface area contributed by atoms with Crippen molar-refractivity contribution in [3.05, 3.63) is 53.8 Å². The lowest BCUT2D eigenvalue weighted by Crippen LogP contribution is -2.14. The molecule has 2 aromatic rings. The van der Waals surface area contributed by atoms with Gasteiger partial charge in [0.15, 0.2) is 0 Å². The van der Waals surface area contributed by atoms with Crippen LogP contribution in [0.1, 0.15) is 12.1 Å². The summed E-state index contributed by atoms with van der Waals surface area (Å²) >= 11 is 1.58. The summed E-state index contributed by atoms with van der Waals surface area (Å²) in [5.74, 6) is -0.221. The molecule has 0 atom stereocenters. The second-order valence-corrected chi connectivity index (χ2v) is 4.76. The minimum Gasteiger partial charge on any atom is -0.311 e. The molecule has 1 N–H and O–H groups in total. The van der Waals surface area contributed by atoms with Crippen LogP contribution in [0.2, 0.25) is 0 Å². The van der Waals surface area contributed by atoms with E-state index in [1.807, 2.05) is 11.5 Å². The first kappa shape index (κ1) is 12.9. The second kappa shape index (κ2) is 6.42. The first-order chi connectivity index (χ1) is 8.79. The van der Waals surface area contributed by atoms with E-state index in [0.29, 0.717) is 0 Å². The van der Waals surface area contributed by atoms with Crippen molar-refractivity contribution in [1.82, 2.24) is 10.3 Å². The lowest BCUT2D eigenvalue weighted by molar-refractivity contribution is 0.628. The number of halogens is 1. The molecule has 2 nitrogen and oxygen atoms in total. The largest absolute Gasteiger partial charge is 0.311 e. The van der Waals surface area contributed by atoms with Crippen molar-refractivity contribution in [2.24, 2.45) is 0 Å². The minimum atomic E-state index is -0.221. The zero-order valence-electron chi connectivity index (χ0n) is 10.0. The highest BCUT2D eigenvalue weighted by molar-refractivity contribution is 7.13. The molecule has 0 saturated carbocycles. The SMILES string of the molecule is C=CCCNCc1csc(-c2ccc(F)cc2)n1. The Morgan fingerprint density at radius 1 is 1.33 bits per heavy atom. The molecular weight excluding hydrogens is 247 g/mol. The van der Waals surface area contributed by atoms with Crippen molar-refractivity contribution >= 4 is 11.3 Å². The lowest BCUT2D eigenvalue weighted by Gasteiger charge is -1.99. The lowest BCUT2D eigenvalue weighted by atomic mass is 10.2. The van der Waals surface area contributed by atoms with Crippen molar-refractivity contribution < 1.29 is 4.39 Å². The van der Waals surface area contributed by atoms with E-state index in [9.17, 15) is 4.39 Å². The molecule has 0 aliphatic carbocycles. The van der Waals surface area contributed by atoms with Crippen molar-refractivity contribution in [1.29, 1.82) is 0 Å². The van der Waals surface area contributed by atoms with Crippen molar-refractivity contribution in [3.63, 3.8) is 0 Å². The van der Waals surface area contributed by atoms with Gasteiger partial charge in [0.25, 0.3) is 0 Å². The Labute approximate surface area is 110 Å². The van der Waals surface area contributed by atoms with Crippen LogP contribution in [-0.2, 0) is 6.54 Å². The average molecular weight is 262 g/mol. The van der Waals surface area contributed by atoms with E-state index in [-0.39, 0.29) is 5.82 Å². The Kier molecular flexibility index (Phi) is 4.61. The van der Waals surface area contributed by atoms with E-state index in [1.165, 1.54) is 12.1 Å². The fourth-order valence-corrected chi connectivity index (χ4v) is 2.36. The third-order valence-corrected chi connectivity index (χ3v) is 3.41. The van der Waals surface area contributed by atoms with Crippen LogP contribution in [0, 0.1) is 5.82 Å². The zero-order valence-corrected chi connectivity index (χ0v) is 10.8. The molecule has 94 valence electrons. The van der Waals surface area contributed by atoms with Gasteiger partial charge in [-0.15, -0.1) is 17.9 Å². The molecule has 0 unspecified atom stereocenters. The van der Waals surface area contributed by atoms with Crippen molar-refractivity contribution in [2.45, 2.75) is 13.0 Å². The number of thiazole rings is 1. The van der Waals surface area contributed by atoms with Crippen molar-refractivity contribution in [2.75, 3.05) is 6.54 Å². The molecule has 0 radical (unpaired) electrons. The number of benzene rings is 1. The van der Waals surface area contributed by atoms with Crippen LogP contribution in [0.3, 0.4) is 0 Å². The highest BCUT2D eigenvalue weighted by Crippen LogP contribution is 2.23. The average Bonchev–Trinajstić information content (AvgIpc) is 2.84. The van der Waals surface area contributed by atoms with Gasteiger partial charge in [0, 0.05) is 17.5 Å². The number of nitrogens with one attached hydrogen (secondary N) is 1. The van der Waals surface area contributed by atoms with Crippen LogP contribution >= 0.6 is 11.3 Å². The maximum Gasteiger partial charge on any atom is 0.123 e. The molecule has 0 fully saturated rings. The van der Waals surface area contributed by atoms with Crippen LogP contribution in [0.5, 0.6) is 0 Å². The Morgan fingerprint density at radius 2 is 2.11 bits per heavy atom. The van der Waals surface area contributed by atoms with E-state index in [4.69, 9.17) is 0 Å². The third-order valence-electron chi connectivity index (χ3n) is 2.47. The highest BCUT2D eigenvalue weighted by Gasteiger charge is 2.04. The predicted octanol–water partition coefficient (Wildman–Crippen LogP) is 3.61. The van der Waals surface area contributed by atoms with Crippen LogP contribution < -0.4 is 5.32 Å². The molecular formula is C14H15FN2S. The Bertz CT molecular complexity index is 505. The molecule has 1 heterocycles. The van der Waals surface area contributed by atoms with Gasteiger partial charge in [0.1, 0.15) is 10.8 Å². The van der Waals surface area contributed by atoms with E-state index in [1.54, 1.807) is 23.5 Å². The number of nitrogens with zero attached hydrogens (tertiary/aromatic N) is 1. The van der Waals surface area contributed by atoms with E-state index in [2.05, 4.69) is 16.9 Å². The van der Waals surface area contributed by atoms with Gasteiger partial charge in [0.2, 0.25) is 0 Å². The van der Waals surface area contributed by atoms with Gasteiger partial charge >= 0.3 is 0 Å². The van der Waals surface area contributed by atoms with Crippen LogP contribution in [0.15, 0.2) is 42.3 Å². The monoisotopic (exact) mass is 262 g/mol. The van der Waals surface area contributed by atoms with Gasteiger partial charge in [-0.2, -0.15) is 0 Å². The second-order valence-electron chi connectivity index (χ2n) is 3.91. The molecule has 2 rings (SSSR count). The normalized spacial score (nSPS) is 10.5. The fraction of sp³-hybridized carbons (Fsp3) is 0.214. The first-order valence-corrected chi connectivity index (χ1v) is 6.69. The van der Waals surface area contributed by atoms with Crippen LogP contribution in [-0.4, -0.2) is 11.5 Å². The van der Waals surface area contributed by atoms with Crippen molar-refractivity contribution in [3.8, 4) is 10.6 Å². The quantitative estimate of drug-likeness (QED) is 0.635. The summed E-state index contributed by atoms with van der Waals surface area (Å²) in [5.41, 5.74) is 1.97. The first-order valence-electron chi connectivity index (χ1n) is 5.81. The molecule has 0 amide bonds. The predicted molar refractivity (Wildman–Crippen MR) is 74.0 cm³/mol. The van der Waals surface area contributed by atoms with E-state index in [0.717, 1.165) is 35.8 Å². The minimum absolute atomic E-state index is 0.221. The van der Waals surface area contributed by atoms with E-state index < -0.39 is 0 Å². The molecule has 18 heavy (non-hydrogen) atoms. The number of hydrogen-bond acceptors (Lipinski definition) is 3. The molecule has 1 aromatic heterocycles. The van der Waals surface area contributed by atoms with Gasteiger partial charge in [-0.1, -0.05) is 6.08 Å². The van der Waals surface area contributed by atoms with Gasteiger partial charge < -0.3 is 5.32 Å². The number of aromatic nitrogens is 1. The van der Waals surface area contributed by atoms with E-state index >= 15 is 0 Å². The summed E-state index contributed by atoms with van der Waals surface area (Å²) in [4.78, 5) is 4.52. The van der Waals surface area contributed by atoms with Crippen LogP contribution in [0.4, 0.5) is 4.39 Å². The summed E-state index contributed by atoms with van der Waals surface area (Å²) in [6, 6.07) is 6.42. The maximum absolute atomic E-state index is 12.8. The molecule has 0 aliphatic rings. The molecule has 1 aromatic carbocycles. The Hall–Kier alpha value is -1.52. The van der Waals surface area contributed by atoms with Gasteiger partial charge in [-0.3, -0.25) is 0 Å². The molecule has 4 heteroatoms. The van der Waals surface area contributed by atoms with Gasteiger partial charge in [-0.05, 0) is 37.2 Å². The van der Waals surface area contributed by atoms with Gasteiger partial charge in [0.05, 0.1) is 5.69 Å². The summed E-state index contributed by atoms with van der Waals surface area (Å²) in [5, 5.41) is 6.24. The molecule has 0 spiro atoms. The fourth-order valence-electron chi connectivity index (χ4n) is 1.53. The molecule has 0 aliphatic heterocycles. The summed E-state index contributed by atoms with van der Waals surface area (Å²) in [6.45, 7) is 5.34. The van der Waals surface area contributed by atoms with Crippen LogP contribution in [0.25, 0.3) is 10.6 Å². The third kappa shape index (κ3) is 3.48. The summed E-state index contributed by atoms with van der Waals surface area (Å²) < 4.78 is 12.8. The highest BCUT2D eigenvalue weighted by atomic mass is 32.1. The standard InChI is InChI=1S/C14H15FN2S/c1-2-3-8-16-9-13-10-18-14(17-13)11-4-6-12(15)7-5-11/h2,4-7,10,16H,1,3,8-9H2. The van der Waals surface area contributed by atoms with Gasteiger partial charge in [-0.25, -0.2) is 9.37 Å². The number of rotatable bonds is 6. The topological polar surface area (TPSA) is 24.9 Å². The Balaban J connectivity index is 1.97. The summed E-state index contributed by atoms with van der Waals surface area (Å²) in [6.07, 6.45) is 2.84. The number of hydrogen-bond donors (Lipinski definition) is 1. The smallest absolute Gasteiger partial charge is 0.123 e. The molecule has 0 saturated heterocycles. The Morgan fingerprint density at radius 3 is 2.83 bits per heavy atom.